The second kappa shape index (κ2) is 15.8. The molecule has 0 aliphatic carbocycles. The van der Waals surface area contributed by atoms with Crippen LogP contribution >= 0.6 is 15.9 Å². The molecule has 1 heterocycles. The van der Waals surface area contributed by atoms with E-state index < -0.39 is 23.9 Å². The van der Waals surface area contributed by atoms with E-state index >= 15 is 0 Å². The Morgan fingerprint density at radius 2 is 1.74 bits per heavy atom. The molecule has 4 rings (SSSR count). The van der Waals surface area contributed by atoms with Gasteiger partial charge in [-0.05, 0) is 72.1 Å². The topological polar surface area (TPSA) is 146 Å². The molecule has 0 aromatic heterocycles. The zero-order valence-electron chi connectivity index (χ0n) is 26.1. The van der Waals surface area contributed by atoms with Crippen LogP contribution in [0.4, 0.5) is 4.79 Å². The molecule has 3 aromatic rings. The highest BCUT2D eigenvalue weighted by Gasteiger charge is 2.32. The number of ether oxygens (including phenoxy) is 5. The average Bonchev–Trinajstić information content (AvgIpc) is 3.03. The van der Waals surface area contributed by atoms with Crippen LogP contribution in [0.2, 0.25) is 0 Å². The Morgan fingerprint density at radius 3 is 2.46 bits per heavy atom. The molecule has 1 aliphatic heterocycles. The second-order valence-corrected chi connectivity index (χ2v) is 10.9. The van der Waals surface area contributed by atoms with Gasteiger partial charge in [-0.3, -0.25) is 4.79 Å². The predicted molar refractivity (Wildman–Crippen MR) is 174 cm³/mol. The zero-order chi connectivity index (χ0) is 33.2. The number of aryl methyl sites for hydroxylation is 1. The van der Waals surface area contributed by atoms with E-state index in [4.69, 9.17) is 23.7 Å². The molecule has 0 fully saturated rings. The first kappa shape index (κ1) is 33.8. The molecule has 12 nitrogen and oxygen atoms in total. The molecule has 0 bridgehead atoms. The van der Waals surface area contributed by atoms with Gasteiger partial charge in [0.05, 0.1) is 38.7 Å². The number of benzene rings is 3. The van der Waals surface area contributed by atoms with Crippen LogP contribution in [0.1, 0.15) is 42.1 Å². The lowest BCUT2D eigenvalue weighted by molar-refractivity contribution is -0.139. The summed E-state index contributed by atoms with van der Waals surface area (Å²) in [6, 6.07) is 15.2. The lowest BCUT2D eigenvalue weighted by Gasteiger charge is -2.28. The maximum atomic E-state index is 12.6. The standard InChI is InChI=1S/C33H35BrN4O8/c1-6-44-32(40)30-20(3)36-33(41)37-31(30)22-10-11-25(26(13-22)42-4)46-18-29(39)38-35-16-23-14-27(43-5)28(15-24(23)34)45-17-21-9-7-8-19(2)12-21/h7-16,31H,6,17-18H2,1-5H3,(H,38,39)(H2,36,37,41)/b35-16-/t31-/m0/s1. The third-order valence-corrected chi connectivity index (χ3v) is 7.48. The number of carbonyl (C=O) groups excluding carboxylic acids is 3. The van der Waals surface area contributed by atoms with Crippen molar-refractivity contribution in [3.8, 4) is 23.0 Å². The number of urea groups is 1. The van der Waals surface area contributed by atoms with Crippen LogP contribution < -0.4 is 35.0 Å². The summed E-state index contributed by atoms with van der Waals surface area (Å²) >= 11 is 3.52. The van der Waals surface area contributed by atoms with Gasteiger partial charge < -0.3 is 34.3 Å². The summed E-state index contributed by atoms with van der Waals surface area (Å²) in [6.45, 7) is 5.55. The summed E-state index contributed by atoms with van der Waals surface area (Å²) in [5.74, 6) is 0.558. The fraction of sp³-hybridized carbons (Fsp3) is 0.273. The number of halogens is 1. The first-order chi connectivity index (χ1) is 22.1. The van der Waals surface area contributed by atoms with Gasteiger partial charge in [0, 0.05) is 15.7 Å². The Kier molecular flexibility index (Phi) is 11.6. The van der Waals surface area contributed by atoms with Crippen LogP contribution in [-0.4, -0.2) is 51.6 Å². The predicted octanol–water partition coefficient (Wildman–Crippen LogP) is 5.07. The first-order valence-electron chi connectivity index (χ1n) is 14.3. The van der Waals surface area contributed by atoms with Gasteiger partial charge in [0.25, 0.3) is 5.91 Å². The van der Waals surface area contributed by atoms with Gasteiger partial charge in [-0.1, -0.05) is 35.9 Å². The fourth-order valence-electron chi connectivity index (χ4n) is 4.64. The maximum absolute atomic E-state index is 12.6. The summed E-state index contributed by atoms with van der Waals surface area (Å²) in [5.41, 5.74) is 6.47. The van der Waals surface area contributed by atoms with E-state index in [9.17, 15) is 14.4 Å². The number of nitrogens with one attached hydrogen (secondary N) is 3. The van der Waals surface area contributed by atoms with Crippen LogP contribution in [0.5, 0.6) is 23.0 Å². The van der Waals surface area contributed by atoms with Crippen molar-refractivity contribution in [2.75, 3.05) is 27.4 Å². The SMILES string of the molecule is CCOC(=O)C1=C(C)NC(=O)N[C@H]1c1ccc(OCC(=O)N/N=C\c2cc(OC)c(OCc3cccc(C)c3)cc2Br)c(OC)c1. The number of rotatable bonds is 13. The lowest BCUT2D eigenvalue weighted by Crippen LogP contribution is -2.45. The fourth-order valence-corrected chi connectivity index (χ4v) is 5.07. The minimum atomic E-state index is -0.778. The van der Waals surface area contributed by atoms with Crippen molar-refractivity contribution in [3.63, 3.8) is 0 Å². The maximum Gasteiger partial charge on any atom is 0.338 e. The lowest BCUT2D eigenvalue weighted by atomic mass is 9.95. The summed E-state index contributed by atoms with van der Waals surface area (Å²) in [7, 11) is 2.98. The van der Waals surface area contributed by atoms with Gasteiger partial charge >= 0.3 is 12.0 Å². The molecule has 0 saturated carbocycles. The first-order valence-corrected chi connectivity index (χ1v) is 15.1. The number of nitrogens with zero attached hydrogens (tertiary/aromatic N) is 1. The number of methoxy groups -OCH3 is 2. The highest BCUT2D eigenvalue weighted by Crippen LogP contribution is 2.35. The molecule has 1 aliphatic rings. The van der Waals surface area contributed by atoms with Crippen molar-refractivity contribution in [3.05, 3.63) is 92.6 Å². The molecular formula is C33H35BrN4O8. The molecule has 242 valence electrons. The zero-order valence-corrected chi connectivity index (χ0v) is 27.6. The van der Waals surface area contributed by atoms with Crippen molar-refractivity contribution in [2.24, 2.45) is 5.10 Å². The van der Waals surface area contributed by atoms with Crippen molar-refractivity contribution < 1.29 is 38.1 Å². The molecule has 3 aromatic carbocycles. The minimum Gasteiger partial charge on any atom is -0.493 e. The summed E-state index contributed by atoms with van der Waals surface area (Å²) in [6.07, 6.45) is 1.47. The molecule has 0 radical (unpaired) electrons. The number of amides is 3. The Balaban J connectivity index is 1.38. The van der Waals surface area contributed by atoms with E-state index in [1.807, 2.05) is 25.1 Å². The van der Waals surface area contributed by atoms with Crippen LogP contribution in [0.15, 0.2) is 75.4 Å². The molecule has 1 atom stereocenters. The van der Waals surface area contributed by atoms with Crippen molar-refractivity contribution in [2.45, 2.75) is 33.4 Å². The van der Waals surface area contributed by atoms with Crippen molar-refractivity contribution >= 4 is 40.1 Å². The second-order valence-electron chi connectivity index (χ2n) is 10.1. The summed E-state index contributed by atoms with van der Waals surface area (Å²) in [5, 5.41) is 9.37. The Hall–Kier alpha value is -5.04. The largest absolute Gasteiger partial charge is 0.493 e. The molecule has 0 spiro atoms. The van der Waals surface area contributed by atoms with Gasteiger partial charge in [0.15, 0.2) is 29.6 Å². The van der Waals surface area contributed by atoms with E-state index in [1.54, 1.807) is 51.3 Å². The molecule has 0 saturated heterocycles. The summed E-state index contributed by atoms with van der Waals surface area (Å²) in [4.78, 5) is 37.3. The number of hydrogen-bond acceptors (Lipinski definition) is 9. The third kappa shape index (κ3) is 8.57. The monoisotopic (exact) mass is 694 g/mol. The number of hydrazone groups is 1. The minimum absolute atomic E-state index is 0.181. The van der Waals surface area contributed by atoms with Crippen molar-refractivity contribution in [1.82, 2.24) is 16.1 Å². The Morgan fingerprint density at radius 1 is 0.978 bits per heavy atom. The highest BCUT2D eigenvalue weighted by atomic mass is 79.9. The quantitative estimate of drug-likeness (QED) is 0.128. The van der Waals surface area contributed by atoms with Crippen LogP contribution in [0, 0.1) is 6.92 Å². The van der Waals surface area contributed by atoms with E-state index in [0.29, 0.717) is 45.2 Å². The Bertz CT molecular complexity index is 1670. The third-order valence-electron chi connectivity index (χ3n) is 6.80. The van der Waals surface area contributed by atoms with Gasteiger partial charge in [0.2, 0.25) is 0 Å². The van der Waals surface area contributed by atoms with Gasteiger partial charge in [0.1, 0.15) is 6.61 Å². The number of carbonyl (C=O) groups is 3. The van der Waals surface area contributed by atoms with E-state index in [2.05, 4.69) is 43.2 Å². The highest BCUT2D eigenvalue weighted by molar-refractivity contribution is 9.10. The van der Waals surface area contributed by atoms with E-state index in [-0.39, 0.29) is 24.5 Å². The molecular weight excluding hydrogens is 660 g/mol. The number of hydrogen-bond donors (Lipinski definition) is 3. The number of esters is 1. The average molecular weight is 696 g/mol. The van der Waals surface area contributed by atoms with Gasteiger partial charge in [-0.25, -0.2) is 15.0 Å². The van der Waals surface area contributed by atoms with Gasteiger partial charge in [-0.15, -0.1) is 0 Å². The Labute approximate surface area is 275 Å². The van der Waals surface area contributed by atoms with Crippen LogP contribution in [0.3, 0.4) is 0 Å². The smallest absolute Gasteiger partial charge is 0.338 e. The number of allylic oxidation sites excluding steroid dienone is 1. The molecule has 3 N–H and O–H groups in total. The molecule has 0 unspecified atom stereocenters. The molecule has 46 heavy (non-hydrogen) atoms. The van der Waals surface area contributed by atoms with Gasteiger partial charge in [-0.2, -0.15) is 5.10 Å². The van der Waals surface area contributed by atoms with E-state index in [1.165, 1.54) is 13.3 Å². The van der Waals surface area contributed by atoms with E-state index in [0.717, 1.165) is 11.1 Å². The normalized spacial score (nSPS) is 14.3. The van der Waals surface area contributed by atoms with Crippen LogP contribution in [0.25, 0.3) is 0 Å². The molecule has 3 amide bonds. The molecule has 13 heteroatoms. The summed E-state index contributed by atoms with van der Waals surface area (Å²) < 4.78 is 28.5. The van der Waals surface area contributed by atoms with Crippen LogP contribution in [-0.2, 0) is 20.9 Å². The van der Waals surface area contributed by atoms with Crippen molar-refractivity contribution in [1.29, 1.82) is 0 Å².